The number of nitrogens with zero attached hydrogens (tertiary/aromatic N) is 2. The molecule has 9 heteroatoms. The minimum absolute atomic E-state index is 0.0854. The molecule has 166 valence electrons. The van der Waals surface area contributed by atoms with Crippen LogP contribution in [0.5, 0.6) is 11.5 Å². The number of aryl methyl sites for hydroxylation is 1. The fourth-order valence-corrected chi connectivity index (χ4v) is 3.19. The number of carbonyl (C=O) groups is 1. The van der Waals surface area contributed by atoms with Crippen LogP contribution in [0.25, 0.3) is 11.4 Å². The van der Waals surface area contributed by atoms with Gasteiger partial charge in [0.05, 0.1) is 19.8 Å². The van der Waals surface area contributed by atoms with E-state index < -0.39 is 0 Å². The Kier molecular flexibility index (Phi) is 8.17. The third-order valence-electron chi connectivity index (χ3n) is 4.92. The molecule has 1 aromatic carbocycles. The first-order valence-corrected chi connectivity index (χ1v) is 10.4. The van der Waals surface area contributed by atoms with Gasteiger partial charge in [0.25, 0.3) is 5.56 Å². The number of amides is 1. The zero-order valence-corrected chi connectivity index (χ0v) is 17.7. The van der Waals surface area contributed by atoms with Gasteiger partial charge in [-0.05, 0) is 37.5 Å². The molecule has 1 amide bonds. The highest BCUT2D eigenvalue weighted by molar-refractivity contribution is 5.76. The van der Waals surface area contributed by atoms with Crippen LogP contribution in [-0.2, 0) is 16.0 Å². The van der Waals surface area contributed by atoms with Crippen molar-refractivity contribution in [2.45, 2.75) is 38.2 Å². The maximum Gasteiger partial charge on any atom is 0.273 e. The van der Waals surface area contributed by atoms with Crippen molar-refractivity contribution in [3.8, 4) is 22.9 Å². The zero-order valence-electron chi connectivity index (χ0n) is 17.7. The molecule has 1 unspecified atom stereocenters. The molecule has 0 spiro atoms. The Balaban J connectivity index is 1.60. The Hall–Kier alpha value is -3.20. The van der Waals surface area contributed by atoms with Crippen molar-refractivity contribution in [3.63, 3.8) is 0 Å². The van der Waals surface area contributed by atoms with E-state index in [1.54, 1.807) is 31.4 Å². The molecular weight excluding hydrogens is 400 g/mol. The van der Waals surface area contributed by atoms with E-state index >= 15 is 0 Å². The molecular formula is C22H28N4O5. The van der Waals surface area contributed by atoms with E-state index in [0.717, 1.165) is 25.9 Å². The second-order valence-corrected chi connectivity index (χ2v) is 7.18. The number of hydrogen-bond donors (Lipinski definition) is 2. The fraction of sp³-hybridized carbons (Fsp3) is 0.455. The van der Waals surface area contributed by atoms with Crippen molar-refractivity contribution in [3.05, 3.63) is 46.9 Å². The highest BCUT2D eigenvalue weighted by Crippen LogP contribution is 2.31. The number of nitrogens with one attached hydrogen (secondary N) is 2. The van der Waals surface area contributed by atoms with Crippen LogP contribution < -0.4 is 20.3 Å². The van der Waals surface area contributed by atoms with Gasteiger partial charge in [0.1, 0.15) is 5.69 Å². The zero-order chi connectivity index (χ0) is 22.1. The van der Waals surface area contributed by atoms with Gasteiger partial charge in [-0.2, -0.15) is 0 Å². The van der Waals surface area contributed by atoms with Crippen molar-refractivity contribution in [1.29, 1.82) is 0 Å². The summed E-state index contributed by atoms with van der Waals surface area (Å²) in [7, 11) is 1.54. The first-order chi connectivity index (χ1) is 15.1. The van der Waals surface area contributed by atoms with Gasteiger partial charge in [0.15, 0.2) is 17.3 Å². The standard InChI is InChI=1S/C22H28N4O5/c1-3-4-11-31-18-9-7-15(13-19(18)29-2)21-24-22(28)17(25-26-21)8-10-20(27)23-14-16-6-5-12-30-16/h3,7,9,13,16H,1,4-6,8,10-12,14H2,2H3,(H,23,27)(H,24,26,28). The monoisotopic (exact) mass is 428 g/mol. The number of hydrogen-bond acceptors (Lipinski definition) is 7. The highest BCUT2D eigenvalue weighted by Gasteiger charge is 2.17. The molecule has 2 aromatic rings. The Labute approximate surface area is 180 Å². The van der Waals surface area contributed by atoms with Crippen molar-refractivity contribution in [1.82, 2.24) is 20.5 Å². The number of H-pyrrole nitrogens is 1. The van der Waals surface area contributed by atoms with E-state index in [9.17, 15) is 9.59 Å². The van der Waals surface area contributed by atoms with Crippen LogP contribution in [0.15, 0.2) is 35.6 Å². The lowest BCUT2D eigenvalue weighted by atomic mass is 10.2. The quantitative estimate of drug-likeness (QED) is 0.416. The molecule has 1 aromatic heterocycles. The van der Waals surface area contributed by atoms with Crippen LogP contribution in [0.2, 0.25) is 0 Å². The topological polar surface area (TPSA) is 115 Å². The maximum absolute atomic E-state index is 12.4. The van der Waals surface area contributed by atoms with Crippen LogP contribution in [-0.4, -0.2) is 54.1 Å². The average molecular weight is 428 g/mol. The Morgan fingerprint density at radius 1 is 1.39 bits per heavy atom. The van der Waals surface area contributed by atoms with Gasteiger partial charge in [-0.3, -0.25) is 9.59 Å². The molecule has 9 nitrogen and oxygen atoms in total. The molecule has 0 radical (unpaired) electrons. The van der Waals surface area contributed by atoms with E-state index in [1.165, 1.54) is 0 Å². The van der Waals surface area contributed by atoms with Gasteiger partial charge in [0.2, 0.25) is 5.91 Å². The molecule has 1 aliphatic heterocycles. The summed E-state index contributed by atoms with van der Waals surface area (Å²) >= 11 is 0. The Morgan fingerprint density at radius 3 is 2.97 bits per heavy atom. The summed E-state index contributed by atoms with van der Waals surface area (Å²) in [6.45, 7) is 5.40. The van der Waals surface area contributed by atoms with Gasteiger partial charge in [-0.15, -0.1) is 16.8 Å². The van der Waals surface area contributed by atoms with Crippen LogP contribution in [0.1, 0.15) is 31.4 Å². The van der Waals surface area contributed by atoms with Crippen molar-refractivity contribution in [2.75, 3.05) is 26.9 Å². The van der Waals surface area contributed by atoms with Gasteiger partial charge >= 0.3 is 0 Å². The number of carbonyl (C=O) groups excluding carboxylic acids is 1. The van der Waals surface area contributed by atoms with Gasteiger partial charge in [-0.1, -0.05) is 6.08 Å². The second kappa shape index (κ2) is 11.3. The predicted octanol–water partition coefficient (Wildman–Crippen LogP) is 2.02. The lowest BCUT2D eigenvalue weighted by Gasteiger charge is -2.11. The van der Waals surface area contributed by atoms with Crippen LogP contribution >= 0.6 is 0 Å². The summed E-state index contributed by atoms with van der Waals surface area (Å²) in [5.74, 6) is 1.29. The summed E-state index contributed by atoms with van der Waals surface area (Å²) in [4.78, 5) is 27.2. The Morgan fingerprint density at radius 2 is 2.26 bits per heavy atom. The van der Waals surface area contributed by atoms with Gasteiger partial charge in [0, 0.05) is 31.6 Å². The van der Waals surface area contributed by atoms with Gasteiger partial charge < -0.3 is 24.5 Å². The first-order valence-electron chi connectivity index (χ1n) is 10.4. The molecule has 3 rings (SSSR count). The number of ether oxygens (including phenoxy) is 3. The van der Waals surface area contributed by atoms with Crippen LogP contribution in [0.3, 0.4) is 0 Å². The minimum atomic E-state index is -0.373. The summed E-state index contributed by atoms with van der Waals surface area (Å²) in [5.41, 5.74) is 0.480. The molecule has 0 saturated carbocycles. The van der Waals surface area contributed by atoms with Gasteiger partial charge in [-0.25, -0.2) is 0 Å². The second-order valence-electron chi connectivity index (χ2n) is 7.18. The van der Waals surface area contributed by atoms with E-state index in [1.807, 2.05) is 0 Å². The number of aromatic nitrogens is 3. The van der Waals surface area contributed by atoms with Crippen LogP contribution in [0, 0.1) is 0 Å². The fourth-order valence-electron chi connectivity index (χ4n) is 3.19. The molecule has 31 heavy (non-hydrogen) atoms. The van der Waals surface area contributed by atoms with Crippen molar-refractivity contribution < 1.29 is 19.0 Å². The molecule has 1 aliphatic rings. The van der Waals surface area contributed by atoms with Crippen LogP contribution in [0.4, 0.5) is 0 Å². The first kappa shape index (κ1) is 22.5. The van der Waals surface area contributed by atoms with Crippen molar-refractivity contribution in [2.24, 2.45) is 0 Å². The Bertz CT molecular complexity index is 953. The number of aromatic amines is 1. The predicted molar refractivity (Wildman–Crippen MR) is 115 cm³/mol. The maximum atomic E-state index is 12.4. The lowest BCUT2D eigenvalue weighted by molar-refractivity contribution is -0.121. The normalized spacial score (nSPS) is 15.5. The van der Waals surface area contributed by atoms with E-state index in [-0.39, 0.29) is 36.1 Å². The summed E-state index contributed by atoms with van der Waals surface area (Å²) in [5, 5.41) is 11.0. The molecule has 0 aliphatic carbocycles. The number of benzene rings is 1. The summed E-state index contributed by atoms with van der Waals surface area (Å²) in [6, 6.07) is 5.24. The lowest BCUT2D eigenvalue weighted by Crippen LogP contribution is -2.32. The third-order valence-corrected chi connectivity index (χ3v) is 4.92. The molecule has 2 N–H and O–H groups in total. The molecule has 1 atom stereocenters. The number of rotatable bonds is 11. The summed E-state index contributed by atoms with van der Waals surface area (Å²) in [6.07, 6.45) is 4.93. The molecule has 1 saturated heterocycles. The number of methoxy groups -OCH3 is 1. The smallest absolute Gasteiger partial charge is 0.273 e. The third kappa shape index (κ3) is 6.39. The largest absolute Gasteiger partial charge is 0.493 e. The molecule has 0 bridgehead atoms. The average Bonchev–Trinajstić information content (AvgIpc) is 3.31. The SMILES string of the molecule is C=CCCOc1ccc(-c2nnc(CCC(=O)NCC3CCCO3)c(=O)[nH]2)cc1OC. The minimum Gasteiger partial charge on any atom is -0.493 e. The van der Waals surface area contributed by atoms with E-state index in [2.05, 4.69) is 27.1 Å². The molecule has 1 fully saturated rings. The van der Waals surface area contributed by atoms with E-state index in [0.29, 0.717) is 36.0 Å². The molecule has 2 heterocycles. The van der Waals surface area contributed by atoms with Crippen molar-refractivity contribution >= 4 is 5.91 Å². The highest BCUT2D eigenvalue weighted by atomic mass is 16.5. The van der Waals surface area contributed by atoms with E-state index in [4.69, 9.17) is 14.2 Å². The summed E-state index contributed by atoms with van der Waals surface area (Å²) < 4.78 is 16.5.